The maximum atomic E-state index is 11.4. The average Bonchev–Trinajstić information content (AvgIpc) is 1.61. The fourth-order valence-electron chi connectivity index (χ4n) is 12.8. The Morgan fingerprint density at radius 3 is 0.776 bits per heavy atom. The highest BCUT2D eigenvalue weighted by Crippen LogP contribution is 2.58. The van der Waals surface area contributed by atoms with Crippen LogP contribution in [0.5, 0.6) is 34.5 Å². The minimum atomic E-state index is -3.71. The van der Waals surface area contributed by atoms with Crippen LogP contribution in [0.1, 0.15) is 44.5 Å². The molecule has 0 bridgehead atoms. The van der Waals surface area contributed by atoms with E-state index in [9.17, 15) is 20.2 Å². The molecule has 12 aromatic rings. The lowest BCUT2D eigenvalue weighted by atomic mass is 9.68. The predicted molar refractivity (Wildman–Crippen MR) is 333 cm³/mol. The zero-order valence-electron chi connectivity index (χ0n) is 45.5. The lowest BCUT2D eigenvalue weighted by Gasteiger charge is -2.35. The first kappa shape index (κ1) is 52.0. The van der Waals surface area contributed by atoms with Crippen LogP contribution in [0.25, 0.3) is 22.3 Å². The minimum absolute atomic E-state index is 0.00377. The molecule has 2 aliphatic carbocycles. The van der Waals surface area contributed by atoms with Crippen molar-refractivity contribution in [3.8, 4) is 56.8 Å². The number of fused-ring (bicyclic) bond motifs is 6. The summed E-state index contributed by atoms with van der Waals surface area (Å²) in [6, 6.07) is 100. The molecule has 0 amide bonds. The van der Waals surface area contributed by atoms with Crippen molar-refractivity contribution >= 4 is 30.3 Å². The van der Waals surface area contributed by atoms with Crippen molar-refractivity contribution < 1.29 is 28.2 Å². The smallest absolute Gasteiger partial charge is 0.506 e. The van der Waals surface area contributed by atoms with Gasteiger partial charge in [0, 0.05) is 34.6 Å². The first-order chi connectivity index (χ1) is 41.7. The Bertz CT molecular complexity index is 4070. The Morgan fingerprint density at radius 1 is 0.271 bits per heavy atom. The molecule has 0 aliphatic heterocycles. The van der Waals surface area contributed by atoms with Crippen molar-refractivity contribution in [2.45, 2.75) is 10.8 Å². The maximum Gasteiger partial charge on any atom is 0.531 e. The number of benzene rings is 12. The minimum Gasteiger partial charge on any atom is -0.506 e. The molecule has 0 fully saturated rings. The zero-order valence-corrected chi connectivity index (χ0v) is 46.5. The lowest BCUT2D eigenvalue weighted by Crippen LogP contribution is -2.68. The SMILES string of the molecule is O=[N+]([O-])c1ccc(Oc2ccc(C3(c4ccc(O[Si](Oc5ccc(C6(c7ccc(Oc8ccc([N+](=O)[O-])cc8)cc7)c7ccccc7-c7ccccc76)cc5)(c5ccccc5)c5ccccc5)cc4)c4ccccc4-c4ccccc43)cc2)cc1. The van der Waals surface area contributed by atoms with Gasteiger partial charge in [-0.1, -0.05) is 206 Å². The predicted octanol–water partition coefficient (Wildman–Crippen LogP) is 16.5. The van der Waals surface area contributed by atoms with E-state index in [1.807, 2.05) is 60.7 Å². The molecule has 11 heteroatoms. The van der Waals surface area contributed by atoms with E-state index in [0.29, 0.717) is 34.5 Å². The van der Waals surface area contributed by atoms with E-state index < -0.39 is 29.2 Å². The fourth-order valence-corrected chi connectivity index (χ4v) is 15.8. The second-order valence-corrected chi connectivity index (χ2v) is 23.8. The van der Waals surface area contributed by atoms with Gasteiger partial charge in [-0.15, -0.1) is 0 Å². The number of hydrogen-bond acceptors (Lipinski definition) is 8. The molecule has 0 saturated heterocycles. The zero-order chi connectivity index (χ0) is 57.5. The highest BCUT2D eigenvalue weighted by molar-refractivity contribution is 6.93. The highest BCUT2D eigenvalue weighted by atomic mass is 28.4. The van der Waals surface area contributed by atoms with Gasteiger partial charge in [0.1, 0.15) is 34.5 Å². The molecule has 85 heavy (non-hydrogen) atoms. The summed E-state index contributed by atoms with van der Waals surface area (Å²) in [6.07, 6.45) is 0. The van der Waals surface area contributed by atoms with E-state index in [1.54, 1.807) is 24.3 Å². The molecule has 0 N–H and O–H groups in total. The van der Waals surface area contributed by atoms with Crippen molar-refractivity contribution in [2.75, 3.05) is 0 Å². The summed E-state index contributed by atoms with van der Waals surface area (Å²) in [5.41, 5.74) is 11.9. The number of non-ortho nitro benzene ring substituents is 2. The van der Waals surface area contributed by atoms with Crippen molar-refractivity contribution in [3.05, 3.63) is 368 Å². The van der Waals surface area contributed by atoms with Crippen LogP contribution in [0.15, 0.2) is 303 Å². The first-order valence-electron chi connectivity index (χ1n) is 27.9. The molecule has 14 rings (SSSR count). The van der Waals surface area contributed by atoms with Crippen LogP contribution in [0.2, 0.25) is 0 Å². The monoisotopic (exact) mass is 1120 g/mol. The second kappa shape index (κ2) is 21.3. The van der Waals surface area contributed by atoms with Gasteiger partial charge in [-0.3, -0.25) is 20.2 Å². The van der Waals surface area contributed by atoms with Crippen LogP contribution in [0.3, 0.4) is 0 Å². The normalized spacial score (nSPS) is 13.1. The van der Waals surface area contributed by atoms with E-state index in [2.05, 4.69) is 194 Å². The largest absolute Gasteiger partial charge is 0.531 e. The van der Waals surface area contributed by atoms with Gasteiger partial charge in [-0.2, -0.15) is 0 Å². The second-order valence-electron chi connectivity index (χ2n) is 21.0. The van der Waals surface area contributed by atoms with Crippen LogP contribution in [0.4, 0.5) is 11.4 Å². The van der Waals surface area contributed by atoms with Crippen LogP contribution >= 0.6 is 0 Å². The Hall–Kier alpha value is -11.1. The van der Waals surface area contributed by atoms with Crippen LogP contribution in [-0.4, -0.2) is 18.4 Å². The molecule has 2 aliphatic rings. The molecular weight excluding hydrogens is 1070 g/mol. The summed E-state index contributed by atoms with van der Waals surface area (Å²) in [5, 5.41) is 24.6. The maximum absolute atomic E-state index is 11.4. The van der Waals surface area contributed by atoms with Crippen LogP contribution in [0, 0.1) is 20.2 Å². The summed E-state index contributed by atoms with van der Waals surface area (Å²) in [5.74, 6) is 3.47. The third-order valence-corrected chi connectivity index (χ3v) is 19.7. The summed E-state index contributed by atoms with van der Waals surface area (Å²) in [6.45, 7) is 0. The van der Waals surface area contributed by atoms with Crippen molar-refractivity contribution in [2.24, 2.45) is 0 Å². The lowest BCUT2D eigenvalue weighted by molar-refractivity contribution is -0.385. The highest BCUT2D eigenvalue weighted by Gasteiger charge is 2.50. The van der Waals surface area contributed by atoms with E-state index in [4.69, 9.17) is 18.3 Å². The standard InChI is InChI=1S/C74H50N2O8Si/c77-75(78)55-35-47-59(48-36-55)81-57-39-27-51(28-40-57)73(69-23-11-7-19-65(69)66-20-8-12-24-70(66)73)53-31-43-61(44-32-53)83-85(63-15-3-1-4-16-63,64-17-5-2-6-18-64)84-62-45-33-54(34-46-62)74(71-25-13-9-21-67(71)68-22-10-14-26-72(68)74)52-29-41-58(42-30-52)82-60-49-37-56(38-50-60)76(79)80/h1-50H. The van der Waals surface area contributed by atoms with E-state index >= 15 is 0 Å². The summed E-state index contributed by atoms with van der Waals surface area (Å²) in [7, 11) is -3.71. The van der Waals surface area contributed by atoms with Gasteiger partial charge >= 0.3 is 8.56 Å². The topological polar surface area (TPSA) is 123 Å². The molecule has 0 saturated carbocycles. The van der Waals surface area contributed by atoms with Gasteiger partial charge in [-0.05, 0) is 140 Å². The van der Waals surface area contributed by atoms with Gasteiger partial charge in [0.15, 0.2) is 0 Å². The Balaban J connectivity index is 0.843. The molecule has 0 unspecified atom stereocenters. The average molecular weight is 1120 g/mol. The van der Waals surface area contributed by atoms with E-state index in [1.165, 1.54) is 24.3 Å². The molecular formula is C74H50N2O8Si. The van der Waals surface area contributed by atoms with E-state index in [0.717, 1.165) is 77.1 Å². The van der Waals surface area contributed by atoms with Gasteiger partial charge in [0.25, 0.3) is 11.4 Å². The number of ether oxygens (including phenoxy) is 2. The van der Waals surface area contributed by atoms with Gasteiger partial charge in [0.05, 0.1) is 20.7 Å². The van der Waals surface area contributed by atoms with Gasteiger partial charge < -0.3 is 18.3 Å². The third-order valence-electron chi connectivity index (χ3n) is 16.5. The molecule has 0 aromatic heterocycles. The molecule has 0 spiro atoms. The summed E-state index contributed by atoms with van der Waals surface area (Å²) < 4.78 is 27.6. The number of hydrogen-bond donors (Lipinski definition) is 0. The van der Waals surface area contributed by atoms with Crippen molar-refractivity contribution in [1.29, 1.82) is 0 Å². The quantitative estimate of drug-likeness (QED) is 0.0532. The van der Waals surface area contributed by atoms with Crippen molar-refractivity contribution in [3.63, 3.8) is 0 Å². The van der Waals surface area contributed by atoms with E-state index in [-0.39, 0.29) is 11.4 Å². The Kier molecular flexibility index (Phi) is 13.0. The molecule has 10 nitrogen and oxygen atoms in total. The number of rotatable bonds is 16. The molecule has 408 valence electrons. The van der Waals surface area contributed by atoms with Crippen LogP contribution in [-0.2, 0) is 10.8 Å². The molecule has 12 aromatic carbocycles. The molecule has 0 heterocycles. The molecule has 0 atom stereocenters. The van der Waals surface area contributed by atoms with Gasteiger partial charge in [-0.25, -0.2) is 0 Å². The Labute approximate surface area is 491 Å². The van der Waals surface area contributed by atoms with Crippen molar-refractivity contribution in [1.82, 2.24) is 0 Å². The number of nitrogens with zero attached hydrogens (tertiary/aromatic N) is 2. The fraction of sp³-hybridized carbons (Fsp3) is 0.0270. The first-order valence-corrected chi connectivity index (χ1v) is 29.7. The summed E-state index contributed by atoms with van der Waals surface area (Å²) in [4.78, 5) is 21.9. The van der Waals surface area contributed by atoms with Crippen LogP contribution < -0.4 is 28.7 Å². The number of nitro benzene ring substituents is 2. The third kappa shape index (κ3) is 8.89. The molecule has 0 radical (unpaired) electrons. The number of nitro groups is 2. The van der Waals surface area contributed by atoms with Gasteiger partial charge in [0.2, 0.25) is 0 Å². The summed E-state index contributed by atoms with van der Waals surface area (Å²) >= 11 is 0. The Morgan fingerprint density at radius 2 is 0.506 bits per heavy atom.